The summed E-state index contributed by atoms with van der Waals surface area (Å²) in [6.45, 7) is 4.64. The first-order valence-electron chi connectivity index (χ1n) is 8.03. The highest BCUT2D eigenvalue weighted by Crippen LogP contribution is 2.41. The van der Waals surface area contributed by atoms with Crippen molar-refractivity contribution in [1.29, 1.82) is 0 Å². The standard InChI is InChI=1S/C18H20BrClN2O2S/c1-12(2)17-11-22(13-7-5-4-6-8-13)16-10-15(20)14(19)9-18(16)25(23,24)21(17)3/h4-10,12,17H,11H2,1-3H3. The van der Waals surface area contributed by atoms with Gasteiger partial charge >= 0.3 is 0 Å². The number of likely N-dealkylation sites (N-methyl/N-ethyl adjacent to an activating group) is 1. The minimum absolute atomic E-state index is 0.157. The highest BCUT2D eigenvalue weighted by molar-refractivity contribution is 9.10. The van der Waals surface area contributed by atoms with Crippen LogP contribution < -0.4 is 4.90 Å². The summed E-state index contributed by atoms with van der Waals surface area (Å²) in [6, 6.07) is 13.0. The first-order valence-corrected chi connectivity index (χ1v) is 10.6. The first kappa shape index (κ1) is 18.7. The molecule has 1 heterocycles. The first-order chi connectivity index (χ1) is 11.7. The summed E-state index contributed by atoms with van der Waals surface area (Å²) in [5, 5.41) is 0.487. The van der Waals surface area contributed by atoms with Gasteiger partial charge in [0.15, 0.2) is 0 Å². The molecule has 3 rings (SSSR count). The minimum atomic E-state index is -3.63. The molecular formula is C18H20BrClN2O2S. The summed E-state index contributed by atoms with van der Waals surface area (Å²) in [6.07, 6.45) is 0. The second kappa shape index (κ2) is 6.91. The van der Waals surface area contributed by atoms with Gasteiger partial charge in [0, 0.05) is 29.8 Å². The molecule has 0 amide bonds. The Bertz CT molecular complexity index is 887. The van der Waals surface area contributed by atoms with Crippen molar-refractivity contribution in [3.8, 4) is 0 Å². The quantitative estimate of drug-likeness (QED) is 0.663. The Balaban J connectivity index is 2.30. The molecule has 134 valence electrons. The van der Waals surface area contributed by atoms with E-state index in [0.717, 1.165) is 5.69 Å². The maximum atomic E-state index is 13.2. The second-order valence-electron chi connectivity index (χ2n) is 6.51. The van der Waals surface area contributed by atoms with Gasteiger partial charge < -0.3 is 4.90 Å². The molecule has 0 saturated carbocycles. The molecule has 4 nitrogen and oxygen atoms in total. The monoisotopic (exact) mass is 442 g/mol. The van der Waals surface area contributed by atoms with Gasteiger partial charge in [0.25, 0.3) is 0 Å². The van der Waals surface area contributed by atoms with Crippen LogP contribution >= 0.6 is 27.5 Å². The molecule has 0 N–H and O–H groups in total. The Labute approximate surface area is 162 Å². The average Bonchev–Trinajstić information content (AvgIpc) is 2.65. The molecule has 0 fully saturated rings. The van der Waals surface area contributed by atoms with E-state index in [0.29, 0.717) is 21.7 Å². The highest BCUT2D eigenvalue weighted by Gasteiger charge is 2.38. The molecule has 0 bridgehead atoms. The summed E-state index contributed by atoms with van der Waals surface area (Å²) in [7, 11) is -1.98. The van der Waals surface area contributed by atoms with Crippen molar-refractivity contribution in [1.82, 2.24) is 4.31 Å². The fraction of sp³-hybridized carbons (Fsp3) is 0.333. The van der Waals surface area contributed by atoms with Gasteiger partial charge in [-0.1, -0.05) is 43.6 Å². The zero-order valence-electron chi connectivity index (χ0n) is 14.3. The molecule has 1 aliphatic rings. The summed E-state index contributed by atoms with van der Waals surface area (Å²) in [4.78, 5) is 2.30. The molecule has 0 aromatic heterocycles. The van der Waals surface area contributed by atoms with Crippen LogP contribution in [0.3, 0.4) is 0 Å². The molecule has 0 aliphatic carbocycles. The summed E-state index contributed by atoms with van der Waals surface area (Å²) < 4.78 is 28.5. The van der Waals surface area contributed by atoms with Gasteiger partial charge in [-0.15, -0.1) is 0 Å². The Morgan fingerprint density at radius 2 is 1.84 bits per heavy atom. The zero-order chi connectivity index (χ0) is 18.4. The van der Waals surface area contributed by atoms with E-state index in [9.17, 15) is 8.42 Å². The van der Waals surface area contributed by atoms with Crippen molar-refractivity contribution in [2.75, 3.05) is 18.5 Å². The van der Waals surface area contributed by atoms with Crippen LogP contribution in [-0.2, 0) is 10.0 Å². The van der Waals surface area contributed by atoms with Crippen molar-refractivity contribution in [3.05, 3.63) is 52.0 Å². The van der Waals surface area contributed by atoms with E-state index < -0.39 is 10.0 Å². The van der Waals surface area contributed by atoms with Crippen molar-refractivity contribution in [3.63, 3.8) is 0 Å². The number of sulfonamides is 1. The lowest BCUT2D eigenvalue weighted by Crippen LogP contribution is -2.44. The average molecular weight is 444 g/mol. The van der Waals surface area contributed by atoms with E-state index in [1.165, 1.54) is 4.31 Å². The van der Waals surface area contributed by atoms with Crippen molar-refractivity contribution in [2.45, 2.75) is 24.8 Å². The van der Waals surface area contributed by atoms with Crippen LogP contribution in [0.1, 0.15) is 13.8 Å². The lowest BCUT2D eigenvalue weighted by Gasteiger charge is -2.32. The topological polar surface area (TPSA) is 40.6 Å². The summed E-state index contributed by atoms with van der Waals surface area (Å²) in [5.41, 5.74) is 1.55. The fourth-order valence-electron chi connectivity index (χ4n) is 3.15. The van der Waals surface area contributed by atoms with Crippen molar-refractivity contribution in [2.24, 2.45) is 5.92 Å². The van der Waals surface area contributed by atoms with Gasteiger partial charge in [0.2, 0.25) is 10.0 Å². The third-order valence-electron chi connectivity index (χ3n) is 4.62. The lowest BCUT2D eigenvalue weighted by atomic mass is 10.0. The molecule has 0 radical (unpaired) electrons. The highest BCUT2D eigenvalue weighted by atomic mass is 79.9. The van der Waals surface area contributed by atoms with Crippen molar-refractivity contribution < 1.29 is 8.42 Å². The smallest absolute Gasteiger partial charge is 0.245 e. The molecule has 7 heteroatoms. The number of benzene rings is 2. The number of nitrogens with zero attached hydrogens (tertiary/aromatic N) is 2. The van der Waals surface area contributed by atoms with Crippen LogP contribution in [0.4, 0.5) is 11.4 Å². The SMILES string of the molecule is CC(C)C1CN(c2ccccc2)c2cc(Cl)c(Br)cc2S(=O)(=O)N1C. The van der Waals surface area contributed by atoms with Gasteiger partial charge in [-0.3, -0.25) is 0 Å². The second-order valence-corrected chi connectivity index (χ2v) is 9.74. The number of para-hydroxylation sites is 1. The molecule has 0 spiro atoms. The number of fused-ring (bicyclic) bond motifs is 1. The van der Waals surface area contributed by atoms with Crippen LogP contribution in [0.15, 0.2) is 51.8 Å². The normalized spacial score (nSPS) is 20.4. The third kappa shape index (κ3) is 3.33. The molecule has 2 aromatic carbocycles. The zero-order valence-corrected chi connectivity index (χ0v) is 17.4. The van der Waals surface area contributed by atoms with E-state index >= 15 is 0 Å². The van der Waals surface area contributed by atoms with Crippen LogP contribution in [-0.4, -0.2) is 32.4 Å². The molecular weight excluding hydrogens is 424 g/mol. The lowest BCUT2D eigenvalue weighted by molar-refractivity contribution is 0.303. The summed E-state index contributed by atoms with van der Waals surface area (Å²) >= 11 is 9.66. The van der Waals surface area contributed by atoms with Gasteiger partial charge in [0.05, 0.1) is 10.7 Å². The van der Waals surface area contributed by atoms with Crippen LogP contribution in [0, 0.1) is 5.92 Å². The van der Waals surface area contributed by atoms with Crippen LogP contribution in [0.2, 0.25) is 5.02 Å². The third-order valence-corrected chi connectivity index (χ3v) is 7.73. The maximum Gasteiger partial charge on any atom is 0.245 e. The summed E-state index contributed by atoms with van der Waals surface area (Å²) in [5.74, 6) is 0.166. The molecule has 2 aromatic rings. The number of hydrogen-bond acceptors (Lipinski definition) is 3. The van der Waals surface area contributed by atoms with Gasteiger partial charge in [-0.25, -0.2) is 8.42 Å². The Morgan fingerprint density at radius 3 is 2.44 bits per heavy atom. The van der Waals surface area contributed by atoms with Crippen molar-refractivity contribution >= 4 is 48.9 Å². The van der Waals surface area contributed by atoms with E-state index in [1.807, 2.05) is 49.1 Å². The van der Waals surface area contributed by atoms with Crippen LogP contribution in [0.25, 0.3) is 0 Å². The van der Waals surface area contributed by atoms with Gasteiger partial charge in [-0.2, -0.15) is 4.31 Å². The fourth-order valence-corrected chi connectivity index (χ4v) is 5.48. The van der Waals surface area contributed by atoms with E-state index in [2.05, 4.69) is 15.9 Å². The van der Waals surface area contributed by atoms with E-state index in [4.69, 9.17) is 11.6 Å². The predicted molar refractivity (Wildman–Crippen MR) is 106 cm³/mol. The predicted octanol–water partition coefficient (Wildman–Crippen LogP) is 4.90. The maximum absolute atomic E-state index is 13.2. The number of hydrogen-bond donors (Lipinski definition) is 0. The number of rotatable bonds is 2. The number of anilines is 2. The Hall–Kier alpha value is -1.08. The number of halogens is 2. The largest absolute Gasteiger partial charge is 0.339 e. The Kier molecular flexibility index (Phi) is 5.17. The Morgan fingerprint density at radius 1 is 1.20 bits per heavy atom. The van der Waals surface area contributed by atoms with Gasteiger partial charge in [0.1, 0.15) is 4.90 Å². The molecule has 1 aliphatic heterocycles. The minimum Gasteiger partial charge on any atom is -0.339 e. The molecule has 1 unspecified atom stereocenters. The molecule has 25 heavy (non-hydrogen) atoms. The van der Waals surface area contributed by atoms with E-state index in [1.54, 1.807) is 19.2 Å². The van der Waals surface area contributed by atoms with Crippen LogP contribution in [0.5, 0.6) is 0 Å². The molecule has 1 atom stereocenters. The molecule has 0 saturated heterocycles. The van der Waals surface area contributed by atoms with Gasteiger partial charge in [-0.05, 0) is 46.1 Å². The van der Waals surface area contributed by atoms with E-state index in [-0.39, 0.29) is 16.9 Å².